The zero-order chi connectivity index (χ0) is 8.85. The lowest BCUT2D eigenvalue weighted by Gasteiger charge is -2.08. The van der Waals surface area contributed by atoms with Crippen molar-refractivity contribution in [3.8, 4) is 0 Å². The van der Waals surface area contributed by atoms with Crippen LogP contribution >= 0.6 is 0 Å². The Balaban J connectivity index is 3.85. The minimum absolute atomic E-state index is 0.528. The number of carbonyl (C=O) groups is 1. The highest BCUT2D eigenvalue weighted by Gasteiger charge is 2.01. The van der Waals surface area contributed by atoms with Crippen LogP contribution in [-0.4, -0.2) is 6.29 Å². The van der Waals surface area contributed by atoms with E-state index in [1.807, 2.05) is 13.0 Å². The normalized spacial score (nSPS) is 15.2. The fraction of sp³-hybridized carbons (Fsp3) is 0.700. The first-order valence-corrected chi connectivity index (χ1v) is 4.19. The molecule has 0 spiro atoms. The highest BCUT2D eigenvalue weighted by molar-refractivity contribution is 5.72. The van der Waals surface area contributed by atoms with Gasteiger partial charge in [0.25, 0.3) is 0 Å². The molecule has 0 radical (unpaired) electrons. The van der Waals surface area contributed by atoms with Crippen molar-refractivity contribution in [1.82, 2.24) is 0 Å². The summed E-state index contributed by atoms with van der Waals surface area (Å²) in [5, 5.41) is 0. The van der Waals surface area contributed by atoms with Gasteiger partial charge in [0.2, 0.25) is 0 Å². The van der Waals surface area contributed by atoms with E-state index in [9.17, 15) is 4.79 Å². The second-order valence-electron chi connectivity index (χ2n) is 3.64. The van der Waals surface area contributed by atoms with Crippen LogP contribution in [0.5, 0.6) is 0 Å². The minimum Gasteiger partial charge on any atom is -0.298 e. The van der Waals surface area contributed by atoms with Crippen LogP contribution in [0.1, 0.15) is 34.1 Å². The number of allylic oxidation sites excluding steroid dienone is 2. The standard InChI is InChI=1S/C10H18O/c1-8(2)5-9(3)6-10(4)7-11/h6-9H,5H2,1-4H3/b10-6+. The molecular formula is C10H18O. The van der Waals surface area contributed by atoms with Crippen LogP contribution in [0.15, 0.2) is 11.6 Å². The molecule has 1 unspecified atom stereocenters. The molecule has 64 valence electrons. The van der Waals surface area contributed by atoms with Crippen LogP contribution in [0, 0.1) is 11.8 Å². The van der Waals surface area contributed by atoms with Gasteiger partial charge >= 0.3 is 0 Å². The lowest BCUT2D eigenvalue weighted by molar-refractivity contribution is -0.104. The van der Waals surface area contributed by atoms with E-state index in [1.165, 1.54) is 0 Å². The van der Waals surface area contributed by atoms with Crippen molar-refractivity contribution in [1.29, 1.82) is 0 Å². The summed E-state index contributed by atoms with van der Waals surface area (Å²) in [6, 6.07) is 0. The maximum Gasteiger partial charge on any atom is 0.145 e. The quantitative estimate of drug-likeness (QED) is 0.449. The molecule has 11 heavy (non-hydrogen) atoms. The van der Waals surface area contributed by atoms with Gasteiger partial charge in [-0.25, -0.2) is 0 Å². The zero-order valence-electron chi connectivity index (χ0n) is 7.92. The van der Waals surface area contributed by atoms with Gasteiger partial charge in [-0.1, -0.05) is 26.8 Å². The Hall–Kier alpha value is -0.590. The maximum absolute atomic E-state index is 10.3. The third kappa shape index (κ3) is 5.84. The topological polar surface area (TPSA) is 17.1 Å². The van der Waals surface area contributed by atoms with E-state index in [0.717, 1.165) is 18.3 Å². The number of hydrogen-bond donors (Lipinski definition) is 0. The van der Waals surface area contributed by atoms with E-state index in [1.54, 1.807) is 0 Å². The molecule has 0 heterocycles. The molecule has 0 aliphatic heterocycles. The van der Waals surface area contributed by atoms with Crippen LogP contribution in [0.4, 0.5) is 0 Å². The van der Waals surface area contributed by atoms with Crippen LogP contribution < -0.4 is 0 Å². The first-order chi connectivity index (χ1) is 5.06. The fourth-order valence-electron chi connectivity index (χ4n) is 1.30. The monoisotopic (exact) mass is 154 g/mol. The van der Waals surface area contributed by atoms with Gasteiger partial charge in [0.15, 0.2) is 0 Å². The Morgan fingerprint density at radius 2 is 1.91 bits per heavy atom. The molecule has 0 saturated heterocycles. The van der Waals surface area contributed by atoms with E-state index in [-0.39, 0.29) is 0 Å². The number of rotatable bonds is 4. The predicted octanol–water partition coefficient (Wildman–Crippen LogP) is 2.81. The van der Waals surface area contributed by atoms with E-state index >= 15 is 0 Å². The summed E-state index contributed by atoms with van der Waals surface area (Å²) in [4.78, 5) is 10.3. The molecule has 1 nitrogen and oxygen atoms in total. The summed E-state index contributed by atoms with van der Waals surface area (Å²) in [5.41, 5.74) is 0.846. The van der Waals surface area contributed by atoms with Gasteiger partial charge in [-0.3, -0.25) is 4.79 Å². The van der Waals surface area contributed by atoms with Crippen molar-refractivity contribution >= 4 is 6.29 Å². The largest absolute Gasteiger partial charge is 0.298 e. The highest BCUT2D eigenvalue weighted by Crippen LogP contribution is 2.13. The molecule has 1 heteroatoms. The van der Waals surface area contributed by atoms with Crippen molar-refractivity contribution in [3.05, 3.63) is 11.6 Å². The van der Waals surface area contributed by atoms with Crippen molar-refractivity contribution < 1.29 is 4.79 Å². The second-order valence-corrected chi connectivity index (χ2v) is 3.64. The minimum atomic E-state index is 0.528. The Bertz CT molecular complexity index is 145. The van der Waals surface area contributed by atoms with E-state index in [4.69, 9.17) is 0 Å². The summed E-state index contributed by atoms with van der Waals surface area (Å²) in [6.45, 7) is 8.39. The van der Waals surface area contributed by atoms with Gasteiger partial charge in [-0.2, -0.15) is 0 Å². The molecular weight excluding hydrogens is 136 g/mol. The van der Waals surface area contributed by atoms with Crippen LogP contribution in [0.2, 0.25) is 0 Å². The molecule has 0 rings (SSSR count). The zero-order valence-corrected chi connectivity index (χ0v) is 7.92. The molecule has 0 aliphatic rings. The Morgan fingerprint density at radius 3 is 2.27 bits per heavy atom. The molecule has 0 aliphatic carbocycles. The van der Waals surface area contributed by atoms with Crippen molar-refractivity contribution in [2.45, 2.75) is 34.1 Å². The lowest BCUT2D eigenvalue weighted by atomic mass is 9.97. The van der Waals surface area contributed by atoms with Crippen LogP contribution in [0.25, 0.3) is 0 Å². The van der Waals surface area contributed by atoms with Crippen LogP contribution in [-0.2, 0) is 4.79 Å². The highest BCUT2D eigenvalue weighted by atomic mass is 16.1. The van der Waals surface area contributed by atoms with Gasteiger partial charge in [0, 0.05) is 0 Å². The van der Waals surface area contributed by atoms with Gasteiger partial charge in [0.1, 0.15) is 6.29 Å². The van der Waals surface area contributed by atoms with Crippen molar-refractivity contribution in [2.75, 3.05) is 0 Å². The second kappa shape index (κ2) is 5.11. The molecule has 0 fully saturated rings. The summed E-state index contributed by atoms with van der Waals surface area (Å²) in [5.74, 6) is 1.24. The van der Waals surface area contributed by atoms with Gasteiger partial charge in [-0.05, 0) is 30.8 Å². The summed E-state index contributed by atoms with van der Waals surface area (Å²) in [6.07, 6.45) is 4.11. The van der Waals surface area contributed by atoms with Crippen LogP contribution in [0.3, 0.4) is 0 Å². The molecule has 0 amide bonds. The van der Waals surface area contributed by atoms with E-state index in [2.05, 4.69) is 20.8 Å². The molecule has 0 aromatic rings. The van der Waals surface area contributed by atoms with Gasteiger partial charge in [-0.15, -0.1) is 0 Å². The Labute approximate surface area is 69.5 Å². The SMILES string of the molecule is C/C(C=O)=C\C(C)CC(C)C. The third-order valence-electron chi connectivity index (χ3n) is 1.58. The first kappa shape index (κ1) is 10.4. The average Bonchev–Trinajstić information content (AvgIpc) is 1.85. The van der Waals surface area contributed by atoms with Crippen molar-refractivity contribution in [2.24, 2.45) is 11.8 Å². The van der Waals surface area contributed by atoms with E-state index in [0.29, 0.717) is 11.8 Å². The smallest absolute Gasteiger partial charge is 0.145 e. The number of carbonyl (C=O) groups excluding carboxylic acids is 1. The number of aldehydes is 1. The lowest BCUT2D eigenvalue weighted by Crippen LogP contribution is -1.97. The molecule has 0 aromatic carbocycles. The average molecular weight is 154 g/mol. The van der Waals surface area contributed by atoms with Gasteiger partial charge in [0.05, 0.1) is 0 Å². The molecule has 0 bridgehead atoms. The molecule has 0 saturated carbocycles. The van der Waals surface area contributed by atoms with Crippen molar-refractivity contribution in [3.63, 3.8) is 0 Å². The summed E-state index contributed by atoms with van der Waals surface area (Å²) >= 11 is 0. The van der Waals surface area contributed by atoms with Gasteiger partial charge < -0.3 is 0 Å². The summed E-state index contributed by atoms with van der Waals surface area (Å²) < 4.78 is 0. The number of hydrogen-bond acceptors (Lipinski definition) is 1. The Kier molecular flexibility index (Phi) is 4.84. The van der Waals surface area contributed by atoms with E-state index < -0.39 is 0 Å². The Morgan fingerprint density at radius 1 is 1.36 bits per heavy atom. The molecule has 0 N–H and O–H groups in total. The maximum atomic E-state index is 10.3. The fourth-order valence-corrected chi connectivity index (χ4v) is 1.30. The third-order valence-corrected chi connectivity index (χ3v) is 1.58. The molecule has 1 atom stereocenters. The molecule has 0 aromatic heterocycles. The summed E-state index contributed by atoms with van der Waals surface area (Å²) in [7, 11) is 0. The predicted molar refractivity (Wildman–Crippen MR) is 48.4 cm³/mol. The first-order valence-electron chi connectivity index (χ1n) is 4.19.